The standard InChI is InChI=1S/C20H19F3N2O5/c21-20(22,23)15-8-6-13(7-9-15)10-16(18(27)28)25-17(26)11-24-19(29)30-12-14-4-2-1-3-5-14/h1-9,16H,10-12H2,(H,24,29)(H,25,26)(H,27,28)/t16-/m0/s1. The number of halogens is 3. The molecule has 0 aliphatic carbocycles. The van der Waals surface area contributed by atoms with Crippen molar-refractivity contribution >= 4 is 18.0 Å². The number of amides is 2. The van der Waals surface area contributed by atoms with E-state index in [0.717, 1.165) is 29.8 Å². The molecule has 2 amide bonds. The highest BCUT2D eigenvalue weighted by Crippen LogP contribution is 2.29. The number of carboxylic acid groups (broad SMARTS) is 1. The molecule has 0 radical (unpaired) electrons. The zero-order valence-corrected chi connectivity index (χ0v) is 15.6. The number of nitrogens with one attached hydrogen (secondary N) is 2. The largest absolute Gasteiger partial charge is 0.480 e. The molecule has 160 valence electrons. The monoisotopic (exact) mass is 424 g/mol. The highest BCUT2D eigenvalue weighted by Gasteiger charge is 2.30. The van der Waals surface area contributed by atoms with Gasteiger partial charge in [0.1, 0.15) is 19.2 Å². The molecule has 3 N–H and O–H groups in total. The Morgan fingerprint density at radius 3 is 2.17 bits per heavy atom. The van der Waals surface area contributed by atoms with E-state index >= 15 is 0 Å². The molecule has 2 aromatic carbocycles. The fraction of sp³-hybridized carbons (Fsp3) is 0.250. The minimum Gasteiger partial charge on any atom is -0.480 e. The van der Waals surface area contributed by atoms with Crippen molar-refractivity contribution in [2.75, 3.05) is 6.54 Å². The van der Waals surface area contributed by atoms with Gasteiger partial charge in [0.05, 0.1) is 5.56 Å². The van der Waals surface area contributed by atoms with E-state index in [1.165, 1.54) is 0 Å². The van der Waals surface area contributed by atoms with Crippen molar-refractivity contribution in [1.29, 1.82) is 0 Å². The molecule has 0 bridgehead atoms. The Balaban J connectivity index is 1.82. The third kappa shape index (κ3) is 7.46. The maximum absolute atomic E-state index is 12.6. The van der Waals surface area contributed by atoms with Crippen LogP contribution in [0, 0.1) is 0 Å². The van der Waals surface area contributed by atoms with Crippen molar-refractivity contribution in [3.63, 3.8) is 0 Å². The summed E-state index contributed by atoms with van der Waals surface area (Å²) < 4.78 is 42.7. The number of carbonyl (C=O) groups is 3. The number of hydrogen-bond donors (Lipinski definition) is 3. The number of aliphatic carboxylic acids is 1. The Kier molecular flexibility index (Phi) is 7.79. The van der Waals surface area contributed by atoms with Crippen LogP contribution in [-0.4, -0.2) is 35.7 Å². The van der Waals surface area contributed by atoms with E-state index in [0.29, 0.717) is 5.56 Å². The Morgan fingerprint density at radius 2 is 1.60 bits per heavy atom. The van der Waals surface area contributed by atoms with E-state index in [-0.39, 0.29) is 13.0 Å². The first-order valence-corrected chi connectivity index (χ1v) is 8.78. The van der Waals surface area contributed by atoms with Crippen molar-refractivity contribution < 1.29 is 37.4 Å². The molecule has 0 spiro atoms. The summed E-state index contributed by atoms with van der Waals surface area (Å²) >= 11 is 0. The topological polar surface area (TPSA) is 105 Å². The third-order valence-corrected chi connectivity index (χ3v) is 3.96. The summed E-state index contributed by atoms with van der Waals surface area (Å²) in [5.41, 5.74) is 0.186. The van der Waals surface area contributed by atoms with Crippen LogP contribution in [0.2, 0.25) is 0 Å². The molecule has 0 aliphatic rings. The molecule has 30 heavy (non-hydrogen) atoms. The minimum absolute atomic E-state index is 0.0000354. The molecule has 0 saturated carbocycles. The highest BCUT2D eigenvalue weighted by molar-refractivity contribution is 5.86. The quantitative estimate of drug-likeness (QED) is 0.605. The number of benzene rings is 2. The van der Waals surface area contributed by atoms with Gasteiger partial charge >= 0.3 is 18.2 Å². The molecular weight excluding hydrogens is 405 g/mol. The summed E-state index contributed by atoms with van der Waals surface area (Å²) in [4.78, 5) is 34.9. The zero-order valence-electron chi connectivity index (χ0n) is 15.6. The second-order valence-corrected chi connectivity index (χ2v) is 6.27. The fourth-order valence-corrected chi connectivity index (χ4v) is 2.44. The summed E-state index contributed by atoms with van der Waals surface area (Å²) in [7, 11) is 0. The van der Waals surface area contributed by atoms with Crippen molar-refractivity contribution in [2.24, 2.45) is 0 Å². The van der Waals surface area contributed by atoms with Gasteiger partial charge < -0.3 is 20.5 Å². The van der Waals surface area contributed by atoms with E-state index in [2.05, 4.69) is 10.6 Å². The molecule has 0 heterocycles. The molecule has 0 fully saturated rings. The van der Waals surface area contributed by atoms with Gasteiger partial charge in [-0.05, 0) is 23.3 Å². The summed E-state index contributed by atoms with van der Waals surface area (Å²) in [5.74, 6) is -2.15. The first-order chi connectivity index (χ1) is 14.1. The number of carbonyl (C=O) groups excluding carboxylic acids is 2. The van der Waals surface area contributed by atoms with E-state index in [4.69, 9.17) is 4.74 Å². The Hall–Kier alpha value is -3.56. The molecule has 2 rings (SSSR count). The van der Waals surface area contributed by atoms with Crippen LogP contribution in [0.5, 0.6) is 0 Å². The molecule has 0 aliphatic heterocycles. The van der Waals surface area contributed by atoms with Crippen LogP contribution < -0.4 is 10.6 Å². The van der Waals surface area contributed by atoms with E-state index in [1.807, 2.05) is 0 Å². The summed E-state index contributed by atoms with van der Waals surface area (Å²) in [6.45, 7) is -0.523. The number of carboxylic acids is 1. The second-order valence-electron chi connectivity index (χ2n) is 6.27. The number of alkyl carbamates (subject to hydrolysis) is 1. The van der Waals surface area contributed by atoms with Crippen molar-refractivity contribution in [3.8, 4) is 0 Å². The smallest absolute Gasteiger partial charge is 0.416 e. The average Bonchev–Trinajstić information content (AvgIpc) is 2.70. The minimum atomic E-state index is -4.50. The van der Waals surface area contributed by atoms with Gasteiger partial charge in [0.25, 0.3) is 0 Å². The van der Waals surface area contributed by atoms with Crippen LogP contribution in [-0.2, 0) is 33.5 Å². The average molecular weight is 424 g/mol. The lowest BCUT2D eigenvalue weighted by Gasteiger charge is -2.15. The zero-order chi connectivity index (χ0) is 22.1. The van der Waals surface area contributed by atoms with E-state index in [9.17, 15) is 32.7 Å². The molecule has 10 heteroatoms. The van der Waals surface area contributed by atoms with E-state index < -0.39 is 42.3 Å². The van der Waals surface area contributed by atoms with Crippen LogP contribution in [0.1, 0.15) is 16.7 Å². The van der Waals surface area contributed by atoms with Gasteiger partial charge in [-0.25, -0.2) is 9.59 Å². The first kappa shape index (κ1) is 22.7. The Morgan fingerprint density at radius 1 is 0.967 bits per heavy atom. The van der Waals surface area contributed by atoms with Gasteiger partial charge in [-0.1, -0.05) is 42.5 Å². The molecule has 2 aromatic rings. The highest BCUT2D eigenvalue weighted by atomic mass is 19.4. The van der Waals surface area contributed by atoms with E-state index in [1.54, 1.807) is 30.3 Å². The molecule has 0 unspecified atom stereocenters. The van der Waals surface area contributed by atoms with Crippen molar-refractivity contribution in [2.45, 2.75) is 25.2 Å². The lowest BCUT2D eigenvalue weighted by Crippen LogP contribution is -2.46. The molecule has 0 saturated heterocycles. The van der Waals surface area contributed by atoms with Crippen LogP contribution >= 0.6 is 0 Å². The number of ether oxygens (including phenoxy) is 1. The Bertz CT molecular complexity index is 870. The summed E-state index contributed by atoms with van der Waals surface area (Å²) in [5, 5.41) is 13.6. The lowest BCUT2D eigenvalue weighted by atomic mass is 10.0. The predicted molar refractivity (Wildman–Crippen MR) is 99.3 cm³/mol. The normalized spacial score (nSPS) is 12.0. The maximum Gasteiger partial charge on any atom is 0.416 e. The lowest BCUT2D eigenvalue weighted by molar-refractivity contribution is -0.141. The Labute approximate surface area is 169 Å². The third-order valence-electron chi connectivity index (χ3n) is 3.96. The van der Waals surface area contributed by atoms with Gasteiger partial charge in [-0.3, -0.25) is 4.79 Å². The van der Waals surface area contributed by atoms with Crippen LogP contribution in [0.4, 0.5) is 18.0 Å². The molecule has 7 nitrogen and oxygen atoms in total. The van der Waals surface area contributed by atoms with Crippen molar-refractivity contribution in [1.82, 2.24) is 10.6 Å². The van der Waals surface area contributed by atoms with Gasteiger partial charge in [-0.15, -0.1) is 0 Å². The van der Waals surface area contributed by atoms with Crippen LogP contribution in [0.15, 0.2) is 54.6 Å². The van der Waals surface area contributed by atoms with Gasteiger partial charge in [0.2, 0.25) is 5.91 Å². The van der Waals surface area contributed by atoms with Crippen LogP contribution in [0.3, 0.4) is 0 Å². The number of hydrogen-bond acceptors (Lipinski definition) is 4. The molecular formula is C20H19F3N2O5. The summed E-state index contributed by atoms with van der Waals surface area (Å²) in [6, 6.07) is 11.4. The number of alkyl halides is 3. The number of rotatable bonds is 8. The predicted octanol–water partition coefficient (Wildman–Crippen LogP) is 2.74. The van der Waals surface area contributed by atoms with Gasteiger partial charge in [-0.2, -0.15) is 13.2 Å². The summed E-state index contributed by atoms with van der Waals surface area (Å²) in [6.07, 6.45) is -5.58. The van der Waals surface area contributed by atoms with Gasteiger partial charge in [0.15, 0.2) is 0 Å². The molecule has 1 atom stereocenters. The first-order valence-electron chi connectivity index (χ1n) is 8.78. The molecule has 0 aromatic heterocycles. The maximum atomic E-state index is 12.6. The van der Waals surface area contributed by atoms with Gasteiger partial charge in [0, 0.05) is 6.42 Å². The SMILES string of the molecule is O=C(CNC(=O)OCc1ccccc1)N[C@@H](Cc1ccc(C(F)(F)F)cc1)C(=O)O. The second kappa shape index (κ2) is 10.3. The van der Waals surface area contributed by atoms with Crippen LogP contribution in [0.25, 0.3) is 0 Å². The van der Waals surface area contributed by atoms with Crippen molar-refractivity contribution in [3.05, 3.63) is 71.3 Å². The fourth-order valence-electron chi connectivity index (χ4n) is 2.44.